The lowest BCUT2D eigenvalue weighted by molar-refractivity contribution is -0.137. The highest BCUT2D eigenvalue weighted by Crippen LogP contribution is 2.28. The van der Waals surface area contributed by atoms with E-state index in [4.69, 9.17) is 5.11 Å². The minimum atomic E-state index is -0.856. The summed E-state index contributed by atoms with van der Waals surface area (Å²) in [5.41, 5.74) is 4.73. The van der Waals surface area contributed by atoms with E-state index in [2.05, 4.69) is 10.4 Å². The monoisotopic (exact) mass is 341 g/mol. The van der Waals surface area contributed by atoms with E-state index in [9.17, 15) is 9.59 Å². The van der Waals surface area contributed by atoms with E-state index in [1.54, 1.807) is 0 Å². The zero-order valence-corrected chi connectivity index (χ0v) is 14.6. The maximum absolute atomic E-state index is 12.6. The summed E-state index contributed by atoms with van der Waals surface area (Å²) in [6, 6.07) is 7.89. The van der Waals surface area contributed by atoms with Gasteiger partial charge in [0.15, 0.2) is 5.69 Å². The minimum absolute atomic E-state index is 0.0390. The molecule has 0 bridgehead atoms. The second kappa shape index (κ2) is 7.09. The van der Waals surface area contributed by atoms with Crippen molar-refractivity contribution in [1.29, 1.82) is 0 Å². The second-order valence-corrected chi connectivity index (χ2v) is 6.68. The quantitative estimate of drug-likeness (QED) is 0.846. The number of hydrogen-bond donors (Lipinski definition) is 2. The standard InChI is InChI=1S/C19H23N3O3/c1-12-6-9-14(10-7-12)22-16-5-3-4-15(16)18(21-22)19(25)20-13(2)8-11-17(23)24/h6-7,9-10,13H,3-5,8,11H2,1-2H3,(H,20,25)(H,23,24). The van der Waals surface area contributed by atoms with Crippen LogP contribution in [-0.2, 0) is 17.6 Å². The van der Waals surface area contributed by atoms with Crippen LogP contribution < -0.4 is 5.32 Å². The molecule has 6 nitrogen and oxygen atoms in total. The van der Waals surface area contributed by atoms with Crippen LogP contribution in [0, 0.1) is 6.92 Å². The molecule has 0 fully saturated rings. The number of carbonyl (C=O) groups excluding carboxylic acids is 1. The Morgan fingerprint density at radius 3 is 2.68 bits per heavy atom. The molecule has 25 heavy (non-hydrogen) atoms. The first-order valence-corrected chi connectivity index (χ1v) is 8.66. The number of nitrogens with one attached hydrogen (secondary N) is 1. The predicted molar refractivity (Wildman–Crippen MR) is 94.1 cm³/mol. The Morgan fingerprint density at radius 2 is 2.00 bits per heavy atom. The summed E-state index contributed by atoms with van der Waals surface area (Å²) in [5.74, 6) is -1.08. The molecule has 1 unspecified atom stereocenters. The number of aliphatic carboxylic acids is 1. The third-order valence-electron chi connectivity index (χ3n) is 4.59. The minimum Gasteiger partial charge on any atom is -0.481 e. The molecule has 1 aliphatic rings. The molecule has 0 saturated heterocycles. The molecule has 0 aliphatic heterocycles. The van der Waals surface area contributed by atoms with Gasteiger partial charge in [0.05, 0.1) is 5.69 Å². The Kier molecular flexibility index (Phi) is 4.88. The largest absolute Gasteiger partial charge is 0.481 e. The third-order valence-corrected chi connectivity index (χ3v) is 4.59. The SMILES string of the molecule is Cc1ccc(-n2nc(C(=O)NC(C)CCC(=O)O)c3c2CCC3)cc1. The highest BCUT2D eigenvalue weighted by Gasteiger charge is 2.27. The smallest absolute Gasteiger partial charge is 0.303 e. The van der Waals surface area contributed by atoms with Gasteiger partial charge in [-0.25, -0.2) is 4.68 Å². The fourth-order valence-corrected chi connectivity index (χ4v) is 3.22. The van der Waals surface area contributed by atoms with Crippen molar-refractivity contribution in [3.05, 3.63) is 46.8 Å². The average molecular weight is 341 g/mol. The van der Waals surface area contributed by atoms with Crippen LogP contribution in [0.25, 0.3) is 5.69 Å². The van der Waals surface area contributed by atoms with Gasteiger partial charge in [0.2, 0.25) is 0 Å². The average Bonchev–Trinajstić information content (AvgIpc) is 3.16. The van der Waals surface area contributed by atoms with Crippen molar-refractivity contribution in [2.24, 2.45) is 0 Å². The Balaban J connectivity index is 1.83. The van der Waals surface area contributed by atoms with E-state index in [1.807, 2.05) is 42.8 Å². The molecule has 1 aromatic carbocycles. The van der Waals surface area contributed by atoms with Crippen molar-refractivity contribution in [1.82, 2.24) is 15.1 Å². The highest BCUT2D eigenvalue weighted by atomic mass is 16.4. The molecule has 132 valence electrons. The number of aromatic nitrogens is 2. The number of carbonyl (C=O) groups is 2. The molecular weight excluding hydrogens is 318 g/mol. The summed E-state index contributed by atoms with van der Waals surface area (Å²) >= 11 is 0. The number of hydrogen-bond acceptors (Lipinski definition) is 3. The van der Waals surface area contributed by atoms with Crippen LogP contribution in [0.2, 0.25) is 0 Å². The number of carboxylic acids is 1. The van der Waals surface area contributed by atoms with Gasteiger partial charge in [0, 0.05) is 23.7 Å². The normalized spacial score (nSPS) is 14.2. The number of fused-ring (bicyclic) bond motifs is 1. The summed E-state index contributed by atoms with van der Waals surface area (Å²) in [6.07, 6.45) is 3.23. The summed E-state index contributed by atoms with van der Waals surface area (Å²) in [7, 11) is 0. The maximum atomic E-state index is 12.6. The number of carboxylic acid groups (broad SMARTS) is 1. The molecule has 1 aliphatic carbocycles. The molecule has 3 rings (SSSR count). The molecule has 0 saturated carbocycles. The summed E-state index contributed by atoms with van der Waals surface area (Å²) in [6.45, 7) is 3.85. The lowest BCUT2D eigenvalue weighted by atomic mass is 10.1. The van der Waals surface area contributed by atoms with E-state index in [0.29, 0.717) is 12.1 Å². The van der Waals surface area contributed by atoms with E-state index in [1.165, 1.54) is 5.56 Å². The van der Waals surface area contributed by atoms with E-state index < -0.39 is 5.97 Å². The van der Waals surface area contributed by atoms with Crippen LogP contribution in [0.15, 0.2) is 24.3 Å². The highest BCUT2D eigenvalue weighted by molar-refractivity contribution is 5.94. The lowest BCUT2D eigenvalue weighted by Crippen LogP contribution is -2.33. The third kappa shape index (κ3) is 3.73. The zero-order valence-electron chi connectivity index (χ0n) is 14.6. The molecule has 1 atom stereocenters. The molecule has 1 heterocycles. The van der Waals surface area contributed by atoms with Gasteiger partial charge < -0.3 is 10.4 Å². The van der Waals surface area contributed by atoms with E-state index in [0.717, 1.165) is 36.2 Å². The van der Waals surface area contributed by atoms with Crippen LogP contribution in [0.5, 0.6) is 0 Å². The van der Waals surface area contributed by atoms with Crippen molar-refractivity contribution >= 4 is 11.9 Å². The first-order chi connectivity index (χ1) is 12.0. The topological polar surface area (TPSA) is 84.2 Å². The van der Waals surface area contributed by atoms with Crippen LogP contribution in [0.4, 0.5) is 0 Å². The Bertz CT molecular complexity index is 793. The molecule has 2 aromatic rings. The van der Waals surface area contributed by atoms with Gasteiger partial charge in [-0.05, 0) is 51.7 Å². The molecular formula is C19H23N3O3. The number of nitrogens with zero attached hydrogens (tertiary/aromatic N) is 2. The first kappa shape index (κ1) is 17.2. The predicted octanol–water partition coefficient (Wildman–Crippen LogP) is 2.65. The second-order valence-electron chi connectivity index (χ2n) is 6.68. The molecule has 2 N–H and O–H groups in total. The Labute approximate surface area is 146 Å². The zero-order chi connectivity index (χ0) is 18.0. The van der Waals surface area contributed by atoms with Crippen LogP contribution in [-0.4, -0.2) is 32.8 Å². The van der Waals surface area contributed by atoms with Crippen molar-refractivity contribution < 1.29 is 14.7 Å². The van der Waals surface area contributed by atoms with Crippen molar-refractivity contribution in [3.63, 3.8) is 0 Å². The van der Waals surface area contributed by atoms with Crippen LogP contribution in [0.3, 0.4) is 0 Å². The van der Waals surface area contributed by atoms with Gasteiger partial charge in [-0.15, -0.1) is 0 Å². The van der Waals surface area contributed by atoms with Gasteiger partial charge >= 0.3 is 5.97 Å². The van der Waals surface area contributed by atoms with E-state index in [-0.39, 0.29) is 18.4 Å². The van der Waals surface area contributed by atoms with Gasteiger partial charge in [0.25, 0.3) is 5.91 Å². The first-order valence-electron chi connectivity index (χ1n) is 8.66. The lowest BCUT2D eigenvalue weighted by Gasteiger charge is -2.12. The summed E-state index contributed by atoms with van der Waals surface area (Å²) < 4.78 is 1.87. The number of rotatable bonds is 6. The van der Waals surface area contributed by atoms with Gasteiger partial charge in [0.1, 0.15) is 0 Å². The Hall–Kier alpha value is -2.63. The molecule has 1 aromatic heterocycles. The van der Waals surface area contributed by atoms with Crippen LogP contribution in [0.1, 0.15) is 53.5 Å². The maximum Gasteiger partial charge on any atom is 0.303 e. The molecule has 1 amide bonds. The van der Waals surface area contributed by atoms with Crippen molar-refractivity contribution in [2.75, 3.05) is 0 Å². The number of amides is 1. The number of aryl methyl sites for hydroxylation is 1. The summed E-state index contributed by atoms with van der Waals surface area (Å²) in [5, 5.41) is 16.2. The van der Waals surface area contributed by atoms with Gasteiger partial charge in [-0.1, -0.05) is 17.7 Å². The van der Waals surface area contributed by atoms with E-state index >= 15 is 0 Å². The molecule has 6 heteroatoms. The Morgan fingerprint density at radius 1 is 1.28 bits per heavy atom. The fourth-order valence-electron chi connectivity index (χ4n) is 3.22. The molecule has 0 spiro atoms. The van der Waals surface area contributed by atoms with Crippen molar-refractivity contribution in [2.45, 2.75) is 52.0 Å². The fraction of sp³-hybridized carbons (Fsp3) is 0.421. The van der Waals surface area contributed by atoms with Crippen molar-refractivity contribution in [3.8, 4) is 5.69 Å². The van der Waals surface area contributed by atoms with Gasteiger partial charge in [-0.2, -0.15) is 5.10 Å². The van der Waals surface area contributed by atoms with Crippen LogP contribution >= 0.6 is 0 Å². The summed E-state index contributed by atoms with van der Waals surface area (Å²) in [4.78, 5) is 23.3. The molecule has 0 radical (unpaired) electrons. The number of benzene rings is 1. The van der Waals surface area contributed by atoms with Gasteiger partial charge in [-0.3, -0.25) is 9.59 Å².